The van der Waals surface area contributed by atoms with Gasteiger partial charge in [0.1, 0.15) is 11.6 Å². The van der Waals surface area contributed by atoms with Crippen LogP contribution in [0.2, 0.25) is 0 Å². The number of nitrogens with one attached hydrogen (secondary N) is 1. The molecule has 1 aliphatic rings. The Hall–Kier alpha value is -1.96. The Balaban J connectivity index is 1.84. The van der Waals surface area contributed by atoms with Gasteiger partial charge < -0.3 is 5.32 Å². The summed E-state index contributed by atoms with van der Waals surface area (Å²) in [6.07, 6.45) is 9.43. The van der Waals surface area contributed by atoms with Gasteiger partial charge in [0.05, 0.1) is 17.1 Å². The van der Waals surface area contributed by atoms with Crippen molar-refractivity contribution in [3.8, 4) is 5.82 Å². The quantitative estimate of drug-likeness (QED) is 0.894. The molecule has 0 saturated heterocycles. The van der Waals surface area contributed by atoms with E-state index in [2.05, 4.69) is 20.3 Å². The molecule has 0 spiro atoms. The minimum Gasteiger partial charge on any atom is -0.365 e. The van der Waals surface area contributed by atoms with Crippen LogP contribution < -0.4 is 5.32 Å². The zero-order valence-corrected chi connectivity index (χ0v) is 13.6. The normalized spacial score (nSPS) is 18.0. The maximum atomic E-state index is 12.0. The molecule has 22 heavy (non-hydrogen) atoms. The van der Waals surface area contributed by atoms with E-state index in [1.54, 1.807) is 18.6 Å². The number of hydrogen-bond acceptors (Lipinski definition) is 6. The van der Waals surface area contributed by atoms with Gasteiger partial charge in [-0.15, -0.1) is 0 Å². The van der Waals surface area contributed by atoms with Gasteiger partial charge in [-0.25, -0.2) is 18.4 Å². The lowest BCUT2D eigenvalue weighted by molar-refractivity contribution is 0.568. The Morgan fingerprint density at radius 1 is 1.36 bits per heavy atom. The standard InChI is InChI=1S/C14H19N5O2S/c1-10(14(4-5-14)22(3,20)21)17-12-8-15-9-13(18-12)19-7-6-16-11(19)2/h6-10H,4-5H2,1-3H3,(H,17,18)/t10-/m1/s1. The van der Waals surface area contributed by atoms with Crippen LogP contribution in [0, 0.1) is 6.92 Å². The molecule has 0 bridgehead atoms. The molecule has 1 saturated carbocycles. The van der Waals surface area contributed by atoms with E-state index >= 15 is 0 Å². The number of anilines is 1. The summed E-state index contributed by atoms with van der Waals surface area (Å²) < 4.78 is 25.1. The maximum absolute atomic E-state index is 12.0. The minimum atomic E-state index is -3.10. The van der Waals surface area contributed by atoms with Crippen LogP contribution in [0.3, 0.4) is 0 Å². The van der Waals surface area contributed by atoms with Crippen molar-refractivity contribution < 1.29 is 8.42 Å². The van der Waals surface area contributed by atoms with Crippen molar-refractivity contribution in [1.82, 2.24) is 19.5 Å². The van der Waals surface area contributed by atoms with Crippen molar-refractivity contribution in [2.75, 3.05) is 11.6 Å². The number of imidazole rings is 1. The molecule has 0 aromatic carbocycles. The fraction of sp³-hybridized carbons (Fsp3) is 0.500. The van der Waals surface area contributed by atoms with Gasteiger partial charge in [-0.05, 0) is 26.7 Å². The van der Waals surface area contributed by atoms with Crippen LogP contribution in [-0.2, 0) is 9.84 Å². The summed E-state index contributed by atoms with van der Waals surface area (Å²) in [6, 6.07) is -0.212. The molecule has 7 nitrogen and oxygen atoms in total. The molecular formula is C14H19N5O2S. The zero-order valence-electron chi connectivity index (χ0n) is 12.8. The molecule has 2 aromatic rings. The third-order valence-electron chi connectivity index (χ3n) is 4.33. The summed E-state index contributed by atoms with van der Waals surface area (Å²) in [5.74, 6) is 2.03. The third kappa shape index (κ3) is 2.47. The molecule has 1 fully saturated rings. The molecule has 1 atom stereocenters. The maximum Gasteiger partial charge on any atom is 0.159 e. The molecule has 8 heteroatoms. The van der Waals surface area contributed by atoms with Crippen molar-refractivity contribution >= 4 is 15.7 Å². The second kappa shape index (κ2) is 5.05. The van der Waals surface area contributed by atoms with E-state index in [1.165, 1.54) is 6.26 Å². The molecule has 0 radical (unpaired) electrons. The molecule has 0 aliphatic heterocycles. The van der Waals surface area contributed by atoms with Crippen LogP contribution >= 0.6 is 0 Å². The van der Waals surface area contributed by atoms with Crippen LogP contribution in [-0.4, -0.2) is 45.0 Å². The average Bonchev–Trinajstić information content (AvgIpc) is 3.17. The fourth-order valence-electron chi connectivity index (χ4n) is 2.76. The first-order chi connectivity index (χ1) is 10.3. The molecule has 2 aromatic heterocycles. The highest BCUT2D eigenvalue weighted by Gasteiger charge is 2.56. The van der Waals surface area contributed by atoms with E-state index in [-0.39, 0.29) is 6.04 Å². The van der Waals surface area contributed by atoms with Crippen molar-refractivity contribution in [2.24, 2.45) is 0 Å². The first-order valence-corrected chi connectivity index (χ1v) is 9.01. The van der Waals surface area contributed by atoms with E-state index < -0.39 is 14.6 Å². The van der Waals surface area contributed by atoms with E-state index in [9.17, 15) is 8.42 Å². The molecule has 1 N–H and O–H groups in total. The van der Waals surface area contributed by atoms with Crippen LogP contribution in [0.1, 0.15) is 25.6 Å². The Morgan fingerprint density at radius 2 is 2.09 bits per heavy atom. The van der Waals surface area contributed by atoms with E-state index in [4.69, 9.17) is 0 Å². The average molecular weight is 321 g/mol. The smallest absolute Gasteiger partial charge is 0.159 e. The predicted molar refractivity (Wildman–Crippen MR) is 83.8 cm³/mol. The highest BCUT2D eigenvalue weighted by molar-refractivity contribution is 7.92. The number of aryl methyl sites for hydroxylation is 1. The Labute approximate surface area is 129 Å². The van der Waals surface area contributed by atoms with Gasteiger partial charge in [0, 0.05) is 24.7 Å². The largest absolute Gasteiger partial charge is 0.365 e. The topological polar surface area (TPSA) is 89.8 Å². The van der Waals surface area contributed by atoms with Crippen LogP contribution in [0.4, 0.5) is 5.82 Å². The molecular weight excluding hydrogens is 302 g/mol. The number of hydrogen-bond donors (Lipinski definition) is 1. The van der Waals surface area contributed by atoms with Crippen LogP contribution in [0.5, 0.6) is 0 Å². The van der Waals surface area contributed by atoms with Gasteiger partial charge in [0.25, 0.3) is 0 Å². The van der Waals surface area contributed by atoms with Crippen LogP contribution in [0.25, 0.3) is 5.82 Å². The summed E-state index contributed by atoms with van der Waals surface area (Å²) in [5.41, 5.74) is 0. The van der Waals surface area contributed by atoms with E-state index in [0.717, 1.165) is 5.82 Å². The number of rotatable bonds is 5. The Morgan fingerprint density at radius 3 is 2.64 bits per heavy atom. The summed E-state index contributed by atoms with van der Waals surface area (Å²) >= 11 is 0. The van der Waals surface area contributed by atoms with Gasteiger partial charge in [0.15, 0.2) is 15.7 Å². The lowest BCUT2D eigenvalue weighted by atomic mass is 10.2. The lowest BCUT2D eigenvalue weighted by Gasteiger charge is -2.23. The molecule has 3 rings (SSSR count). The highest BCUT2D eigenvalue weighted by Crippen LogP contribution is 2.46. The van der Waals surface area contributed by atoms with Crippen LogP contribution in [0.15, 0.2) is 24.8 Å². The summed E-state index contributed by atoms with van der Waals surface area (Å²) in [6.45, 7) is 3.76. The van der Waals surface area contributed by atoms with Gasteiger partial charge in [0.2, 0.25) is 0 Å². The second-order valence-electron chi connectivity index (χ2n) is 5.81. The fourth-order valence-corrected chi connectivity index (χ4v) is 4.31. The zero-order chi connectivity index (χ0) is 16.0. The number of sulfone groups is 1. The van der Waals surface area contributed by atoms with Gasteiger partial charge in [-0.1, -0.05) is 0 Å². The van der Waals surface area contributed by atoms with Crippen molar-refractivity contribution in [2.45, 2.75) is 37.5 Å². The van der Waals surface area contributed by atoms with Gasteiger partial charge in [-0.2, -0.15) is 0 Å². The predicted octanol–water partition coefficient (Wildman–Crippen LogP) is 1.35. The molecule has 2 heterocycles. The molecule has 0 amide bonds. The first kappa shape index (κ1) is 15.0. The van der Waals surface area contributed by atoms with Gasteiger partial charge in [-0.3, -0.25) is 9.55 Å². The third-order valence-corrected chi connectivity index (χ3v) is 6.57. The second-order valence-corrected chi connectivity index (χ2v) is 8.17. The molecule has 0 unspecified atom stereocenters. The molecule has 118 valence electrons. The monoisotopic (exact) mass is 321 g/mol. The van der Waals surface area contributed by atoms with Crippen molar-refractivity contribution in [3.63, 3.8) is 0 Å². The Bertz CT molecular complexity index is 795. The first-order valence-electron chi connectivity index (χ1n) is 7.12. The Kier molecular flexibility index (Phi) is 3.43. The SMILES string of the molecule is Cc1nccn1-c1cncc(N[C@H](C)C2(S(C)(=O)=O)CC2)n1. The molecule has 1 aliphatic carbocycles. The van der Waals surface area contributed by atoms with Gasteiger partial charge >= 0.3 is 0 Å². The number of aromatic nitrogens is 4. The van der Waals surface area contributed by atoms with E-state index in [0.29, 0.717) is 24.5 Å². The number of nitrogens with zero attached hydrogens (tertiary/aromatic N) is 4. The van der Waals surface area contributed by atoms with Crippen molar-refractivity contribution in [1.29, 1.82) is 0 Å². The minimum absolute atomic E-state index is 0.212. The summed E-state index contributed by atoms with van der Waals surface area (Å²) in [5, 5.41) is 3.19. The van der Waals surface area contributed by atoms with Crippen molar-refractivity contribution in [3.05, 3.63) is 30.6 Å². The highest BCUT2D eigenvalue weighted by atomic mass is 32.2. The van der Waals surface area contributed by atoms with E-state index in [1.807, 2.05) is 24.6 Å². The summed E-state index contributed by atoms with van der Waals surface area (Å²) in [7, 11) is -3.10. The lowest BCUT2D eigenvalue weighted by Crippen LogP contribution is -2.39. The summed E-state index contributed by atoms with van der Waals surface area (Å²) in [4.78, 5) is 12.8.